The summed E-state index contributed by atoms with van der Waals surface area (Å²) in [5.41, 5.74) is 0.573. The normalized spacial score (nSPS) is 11.7. The van der Waals surface area contributed by atoms with Crippen molar-refractivity contribution in [3.63, 3.8) is 0 Å². The first-order valence-electron chi connectivity index (χ1n) is 6.97. The Hall–Kier alpha value is -2.67. The molecule has 0 saturated carbocycles. The van der Waals surface area contributed by atoms with Crippen molar-refractivity contribution in [3.05, 3.63) is 59.8 Å². The lowest BCUT2D eigenvalue weighted by molar-refractivity contribution is -0.139. The molecule has 23 heavy (non-hydrogen) atoms. The largest absolute Gasteiger partial charge is 0.467 e. The van der Waals surface area contributed by atoms with Crippen molar-refractivity contribution in [1.82, 2.24) is 10.6 Å². The number of hydrogen-bond donors (Lipinski definition) is 2. The summed E-state index contributed by atoms with van der Waals surface area (Å²) in [6.45, 7) is 0.170. The summed E-state index contributed by atoms with van der Waals surface area (Å²) in [6, 6.07) is 9.23. The fourth-order valence-electron chi connectivity index (χ4n) is 1.97. The highest BCUT2D eigenvalue weighted by atomic mass is 19.1. The smallest absolute Gasteiger partial charge is 0.309 e. The van der Waals surface area contributed by atoms with Gasteiger partial charge in [0.25, 0.3) is 0 Å². The molecule has 122 valence electrons. The fourth-order valence-corrected chi connectivity index (χ4v) is 1.97. The average Bonchev–Trinajstić information content (AvgIpc) is 3.06. The van der Waals surface area contributed by atoms with Crippen LogP contribution in [0.15, 0.2) is 47.1 Å². The topological polar surface area (TPSA) is 80.6 Å². The zero-order chi connectivity index (χ0) is 16.7. The lowest BCUT2D eigenvalue weighted by Crippen LogP contribution is -2.41. The molecule has 2 rings (SSSR count). The van der Waals surface area contributed by atoms with E-state index < -0.39 is 23.7 Å². The Kier molecular flexibility index (Phi) is 5.87. The van der Waals surface area contributed by atoms with Crippen LogP contribution in [0, 0.1) is 5.82 Å². The molecule has 2 amide bonds. The molecular formula is C16H17FN2O4. The zero-order valence-electron chi connectivity index (χ0n) is 12.5. The Morgan fingerprint density at radius 1 is 1.22 bits per heavy atom. The molecule has 0 aliphatic carbocycles. The summed E-state index contributed by atoms with van der Waals surface area (Å²) in [4.78, 5) is 23.4. The van der Waals surface area contributed by atoms with Crippen LogP contribution in [0.2, 0.25) is 0 Å². The molecule has 0 bridgehead atoms. The average molecular weight is 320 g/mol. The van der Waals surface area contributed by atoms with Crippen molar-refractivity contribution < 1.29 is 23.1 Å². The summed E-state index contributed by atoms with van der Waals surface area (Å²) < 4.78 is 23.5. The van der Waals surface area contributed by atoms with Crippen LogP contribution in [0.3, 0.4) is 0 Å². The second-order valence-corrected chi connectivity index (χ2v) is 4.75. The van der Waals surface area contributed by atoms with Gasteiger partial charge >= 0.3 is 11.8 Å². The van der Waals surface area contributed by atoms with E-state index in [1.165, 1.54) is 25.5 Å². The molecule has 1 aromatic heterocycles. The van der Waals surface area contributed by atoms with Gasteiger partial charge in [-0.15, -0.1) is 0 Å². The summed E-state index contributed by atoms with van der Waals surface area (Å²) in [5.74, 6) is -1.43. The van der Waals surface area contributed by atoms with Gasteiger partial charge in [-0.3, -0.25) is 9.59 Å². The maximum atomic E-state index is 13.2. The number of methoxy groups -OCH3 is 1. The molecule has 0 spiro atoms. The molecule has 0 fully saturated rings. The number of carbonyl (C=O) groups excluding carboxylic acids is 2. The van der Waals surface area contributed by atoms with Crippen LogP contribution in [-0.4, -0.2) is 25.5 Å². The van der Waals surface area contributed by atoms with E-state index in [1.54, 1.807) is 24.3 Å². The quantitative estimate of drug-likeness (QED) is 0.791. The highest BCUT2D eigenvalue weighted by molar-refractivity contribution is 6.35. The van der Waals surface area contributed by atoms with Crippen molar-refractivity contribution in [3.8, 4) is 0 Å². The van der Waals surface area contributed by atoms with Crippen molar-refractivity contribution in [2.45, 2.75) is 12.6 Å². The van der Waals surface area contributed by atoms with Gasteiger partial charge in [0.2, 0.25) is 0 Å². The van der Waals surface area contributed by atoms with Gasteiger partial charge in [-0.1, -0.05) is 12.1 Å². The first-order valence-corrected chi connectivity index (χ1v) is 6.97. The van der Waals surface area contributed by atoms with Crippen molar-refractivity contribution in [2.75, 3.05) is 13.7 Å². The number of carbonyl (C=O) groups is 2. The number of ether oxygens (including phenoxy) is 1. The van der Waals surface area contributed by atoms with Crippen LogP contribution in [0.4, 0.5) is 4.39 Å². The maximum absolute atomic E-state index is 13.2. The number of hydrogen-bond acceptors (Lipinski definition) is 4. The van der Waals surface area contributed by atoms with Crippen LogP contribution in [0.1, 0.15) is 17.4 Å². The monoisotopic (exact) mass is 320 g/mol. The SMILES string of the molecule is COC(CNC(=O)C(=O)NCc1ccco1)c1cccc(F)c1. The van der Waals surface area contributed by atoms with E-state index in [0.29, 0.717) is 11.3 Å². The minimum absolute atomic E-state index is 0.0486. The first kappa shape index (κ1) is 16.7. The number of nitrogens with one attached hydrogen (secondary N) is 2. The van der Waals surface area contributed by atoms with E-state index in [-0.39, 0.29) is 13.1 Å². The van der Waals surface area contributed by atoms with Gasteiger partial charge in [0.05, 0.1) is 18.9 Å². The van der Waals surface area contributed by atoms with Gasteiger partial charge in [-0.05, 0) is 29.8 Å². The van der Waals surface area contributed by atoms with Crippen LogP contribution in [0.25, 0.3) is 0 Å². The molecule has 1 heterocycles. The van der Waals surface area contributed by atoms with E-state index in [0.717, 1.165) is 0 Å². The van der Waals surface area contributed by atoms with E-state index in [2.05, 4.69) is 10.6 Å². The highest BCUT2D eigenvalue weighted by Crippen LogP contribution is 2.16. The third kappa shape index (κ3) is 4.93. The fraction of sp³-hybridized carbons (Fsp3) is 0.250. The van der Waals surface area contributed by atoms with Gasteiger partial charge < -0.3 is 19.8 Å². The number of furan rings is 1. The van der Waals surface area contributed by atoms with Crippen LogP contribution >= 0.6 is 0 Å². The number of benzene rings is 1. The highest BCUT2D eigenvalue weighted by Gasteiger charge is 2.17. The first-order chi connectivity index (χ1) is 11.1. The summed E-state index contributed by atoms with van der Waals surface area (Å²) >= 11 is 0. The Labute approximate surface area is 132 Å². The second kappa shape index (κ2) is 8.09. The predicted molar refractivity (Wildman–Crippen MR) is 79.7 cm³/mol. The standard InChI is InChI=1S/C16H17FN2O4/c1-22-14(11-4-2-5-12(17)8-11)10-19-16(21)15(20)18-9-13-6-3-7-23-13/h2-8,14H,9-10H2,1H3,(H,18,20)(H,19,21). The molecule has 1 aromatic carbocycles. The van der Waals surface area contributed by atoms with E-state index in [4.69, 9.17) is 9.15 Å². The Morgan fingerprint density at radius 2 is 2.00 bits per heavy atom. The van der Waals surface area contributed by atoms with Gasteiger partial charge in [0.1, 0.15) is 11.6 Å². The minimum atomic E-state index is -0.796. The Balaban J connectivity index is 1.83. The van der Waals surface area contributed by atoms with E-state index in [9.17, 15) is 14.0 Å². The maximum Gasteiger partial charge on any atom is 0.309 e. The van der Waals surface area contributed by atoms with Crippen LogP contribution < -0.4 is 10.6 Å². The molecule has 1 unspecified atom stereocenters. The lowest BCUT2D eigenvalue weighted by atomic mass is 10.1. The molecule has 6 nitrogen and oxygen atoms in total. The molecule has 2 aromatic rings. The van der Waals surface area contributed by atoms with Crippen LogP contribution in [-0.2, 0) is 20.9 Å². The van der Waals surface area contributed by atoms with Crippen LogP contribution in [0.5, 0.6) is 0 Å². The second-order valence-electron chi connectivity index (χ2n) is 4.75. The molecule has 0 aliphatic heterocycles. The molecule has 0 saturated heterocycles. The molecule has 0 radical (unpaired) electrons. The number of rotatable bonds is 6. The molecule has 0 aliphatic rings. The summed E-state index contributed by atoms with van der Waals surface area (Å²) in [5, 5.41) is 4.88. The Morgan fingerprint density at radius 3 is 2.65 bits per heavy atom. The molecule has 7 heteroatoms. The van der Waals surface area contributed by atoms with E-state index in [1.807, 2.05) is 0 Å². The third-order valence-corrected chi connectivity index (χ3v) is 3.16. The molecular weight excluding hydrogens is 303 g/mol. The van der Waals surface area contributed by atoms with E-state index >= 15 is 0 Å². The van der Waals surface area contributed by atoms with Gasteiger partial charge in [0, 0.05) is 13.7 Å². The van der Waals surface area contributed by atoms with Gasteiger partial charge in [-0.2, -0.15) is 0 Å². The number of halogens is 1. The van der Waals surface area contributed by atoms with Gasteiger partial charge in [-0.25, -0.2) is 4.39 Å². The summed E-state index contributed by atoms with van der Waals surface area (Å²) in [7, 11) is 1.44. The van der Waals surface area contributed by atoms with Crippen molar-refractivity contribution in [2.24, 2.45) is 0 Å². The minimum Gasteiger partial charge on any atom is -0.467 e. The van der Waals surface area contributed by atoms with Gasteiger partial charge in [0.15, 0.2) is 0 Å². The molecule has 1 atom stereocenters. The predicted octanol–water partition coefficient (Wildman–Crippen LogP) is 1.54. The Bertz CT molecular complexity index is 658. The van der Waals surface area contributed by atoms with Crippen molar-refractivity contribution in [1.29, 1.82) is 0 Å². The zero-order valence-corrected chi connectivity index (χ0v) is 12.5. The third-order valence-electron chi connectivity index (χ3n) is 3.16. The lowest BCUT2D eigenvalue weighted by Gasteiger charge is -2.16. The molecule has 2 N–H and O–H groups in total. The van der Waals surface area contributed by atoms with Crippen molar-refractivity contribution >= 4 is 11.8 Å². The summed E-state index contributed by atoms with van der Waals surface area (Å²) in [6.07, 6.45) is 0.927. The number of amides is 2.